The molecule has 2 atom stereocenters. The molecule has 0 aromatic heterocycles. The first kappa shape index (κ1) is 14.1. The maximum atomic E-state index is 12.0. The molecule has 17 heavy (non-hydrogen) atoms. The minimum atomic E-state index is -1.06. The van der Waals surface area contributed by atoms with Crippen LogP contribution in [0.15, 0.2) is 0 Å². The van der Waals surface area contributed by atoms with Crippen LogP contribution >= 0.6 is 11.8 Å². The highest BCUT2D eigenvalue weighted by atomic mass is 32.2. The van der Waals surface area contributed by atoms with E-state index in [1.807, 2.05) is 6.26 Å². The first-order chi connectivity index (χ1) is 7.97. The van der Waals surface area contributed by atoms with E-state index >= 15 is 0 Å². The van der Waals surface area contributed by atoms with Crippen molar-refractivity contribution in [3.8, 4) is 0 Å². The molecular formula is C10H18N2O4S. The smallest absolute Gasteiger partial charge is 0.326 e. The summed E-state index contributed by atoms with van der Waals surface area (Å²) in [6.45, 7) is 0.665. The Labute approximate surface area is 105 Å². The molecule has 1 saturated heterocycles. The van der Waals surface area contributed by atoms with Crippen LogP contribution in [0.5, 0.6) is 0 Å². The van der Waals surface area contributed by atoms with Crippen LogP contribution in [0.1, 0.15) is 6.42 Å². The lowest BCUT2D eigenvalue weighted by Gasteiger charge is -2.27. The fourth-order valence-corrected chi connectivity index (χ4v) is 2.26. The van der Waals surface area contributed by atoms with Crippen LogP contribution < -0.4 is 0 Å². The van der Waals surface area contributed by atoms with Gasteiger partial charge in [-0.05, 0) is 6.26 Å². The van der Waals surface area contributed by atoms with E-state index in [4.69, 9.17) is 5.11 Å². The van der Waals surface area contributed by atoms with Crippen LogP contribution in [0.4, 0.5) is 4.79 Å². The number of thioether (sulfide) groups is 1. The molecule has 0 aliphatic carbocycles. The Morgan fingerprint density at radius 3 is 2.71 bits per heavy atom. The number of carbonyl (C=O) groups excluding carboxylic acids is 1. The zero-order chi connectivity index (χ0) is 13.0. The largest absolute Gasteiger partial charge is 0.480 e. The van der Waals surface area contributed by atoms with E-state index in [0.717, 1.165) is 5.75 Å². The van der Waals surface area contributed by atoms with Crippen molar-refractivity contribution in [2.24, 2.45) is 0 Å². The number of rotatable bonds is 4. The van der Waals surface area contributed by atoms with Crippen LogP contribution in [-0.4, -0.2) is 76.3 Å². The lowest BCUT2D eigenvalue weighted by Crippen LogP contribution is -2.47. The molecule has 0 aromatic rings. The van der Waals surface area contributed by atoms with Gasteiger partial charge in [0.05, 0.1) is 6.10 Å². The van der Waals surface area contributed by atoms with Crippen LogP contribution in [0.25, 0.3) is 0 Å². The number of carboxylic acids is 1. The Hall–Kier alpha value is -0.950. The molecule has 1 aliphatic heterocycles. The number of urea groups is 1. The summed E-state index contributed by atoms with van der Waals surface area (Å²) in [5, 5.41) is 18.4. The Morgan fingerprint density at radius 2 is 2.18 bits per heavy atom. The fraction of sp³-hybridized carbons (Fsp3) is 0.800. The highest BCUT2D eigenvalue weighted by molar-refractivity contribution is 7.98. The van der Waals surface area contributed by atoms with Crippen LogP contribution in [-0.2, 0) is 4.79 Å². The molecule has 0 spiro atoms. The predicted octanol–water partition coefficient (Wildman–Crippen LogP) is -0.0790. The summed E-state index contributed by atoms with van der Waals surface area (Å²) in [7, 11) is 1.64. The maximum absolute atomic E-state index is 12.0. The zero-order valence-electron chi connectivity index (χ0n) is 10.00. The van der Waals surface area contributed by atoms with E-state index in [-0.39, 0.29) is 19.0 Å². The van der Waals surface area contributed by atoms with Crippen molar-refractivity contribution >= 4 is 23.8 Å². The number of nitrogens with zero attached hydrogens (tertiary/aromatic N) is 2. The lowest BCUT2D eigenvalue weighted by molar-refractivity contribution is -0.141. The topological polar surface area (TPSA) is 81.1 Å². The number of amides is 2. The van der Waals surface area contributed by atoms with Crippen LogP contribution in [0.3, 0.4) is 0 Å². The van der Waals surface area contributed by atoms with E-state index in [0.29, 0.717) is 6.54 Å². The first-order valence-electron chi connectivity index (χ1n) is 5.39. The molecule has 2 amide bonds. The third kappa shape index (κ3) is 3.50. The van der Waals surface area contributed by atoms with Gasteiger partial charge < -0.3 is 20.0 Å². The molecule has 0 radical (unpaired) electrons. The van der Waals surface area contributed by atoms with E-state index in [9.17, 15) is 14.7 Å². The second kappa shape index (κ2) is 6.11. The number of aliphatic hydroxyl groups excluding tert-OH is 1. The van der Waals surface area contributed by atoms with Crippen molar-refractivity contribution in [3.05, 3.63) is 0 Å². The van der Waals surface area contributed by atoms with Crippen molar-refractivity contribution in [3.63, 3.8) is 0 Å². The molecule has 1 fully saturated rings. The normalized spacial score (nSPS) is 23.8. The second-order valence-electron chi connectivity index (χ2n) is 4.09. The van der Waals surface area contributed by atoms with E-state index < -0.39 is 18.1 Å². The molecule has 0 aromatic carbocycles. The number of hydrogen-bond donors (Lipinski definition) is 2. The maximum Gasteiger partial charge on any atom is 0.326 e. The molecule has 6 nitrogen and oxygen atoms in total. The van der Waals surface area contributed by atoms with Gasteiger partial charge in [0.15, 0.2) is 0 Å². The molecule has 0 saturated carbocycles. The van der Waals surface area contributed by atoms with E-state index in [1.165, 1.54) is 9.80 Å². The molecule has 0 unspecified atom stereocenters. The number of hydrogen-bond acceptors (Lipinski definition) is 4. The summed E-state index contributed by atoms with van der Waals surface area (Å²) >= 11 is 1.62. The Kier molecular flexibility index (Phi) is 5.07. The highest BCUT2D eigenvalue weighted by Gasteiger charge is 2.39. The summed E-state index contributed by atoms with van der Waals surface area (Å²) in [5.41, 5.74) is 0. The molecule has 1 aliphatic rings. The number of carbonyl (C=O) groups is 2. The van der Waals surface area contributed by atoms with Crippen molar-refractivity contribution < 1.29 is 19.8 Å². The van der Waals surface area contributed by atoms with Gasteiger partial charge in [-0.15, -0.1) is 0 Å². The third-order valence-corrected chi connectivity index (χ3v) is 3.36. The molecule has 0 bridgehead atoms. The third-order valence-electron chi connectivity index (χ3n) is 2.77. The van der Waals surface area contributed by atoms with E-state index in [2.05, 4.69) is 0 Å². The summed E-state index contributed by atoms with van der Waals surface area (Å²) in [6, 6.07) is -1.24. The van der Waals surface area contributed by atoms with Crippen molar-refractivity contribution in [2.75, 3.05) is 32.1 Å². The number of β-amino-alcohol motifs (C(OH)–C–C–N with tert-alkyl or cyclic N) is 1. The van der Waals surface area contributed by atoms with Crippen molar-refractivity contribution in [1.82, 2.24) is 9.80 Å². The van der Waals surface area contributed by atoms with Gasteiger partial charge in [-0.3, -0.25) is 0 Å². The van der Waals surface area contributed by atoms with Crippen molar-refractivity contribution in [2.45, 2.75) is 18.6 Å². The van der Waals surface area contributed by atoms with Crippen LogP contribution in [0, 0.1) is 0 Å². The first-order valence-corrected chi connectivity index (χ1v) is 6.78. The second-order valence-corrected chi connectivity index (χ2v) is 5.08. The van der Waals surface area contributed by atoms with Gasteiger partial charge in [-0.2, -0.15) is 11.8 Å². The quantitative estimate of drug-likeness (QED) is 0.740. The number of carboxylic acid groups (broad SMARTS) is 1. The molecule has 7 heteroatoms. The Bertz CT molecular complexity index is 300. The Balaban J connectivity index is 2.63. The standard InChI is InChI=1S/C10H18N2O4S/c1-11(3-4-17-2)10(16)12-6-7(13)5-8(12)9(14)15/h7-8,13H,3-6H2,1-2H3,(H,14,15)/t7-,8-/m1/s1. The SMILES string of the molecule is CSCCN(C)C(=O)N1C[C@H](O)C[C@@H]1C(=O)O. The van der Waals surface area contributed by atoms with Gasteiger partial charge in [0.1, 0.15) is 6.04 Å². The lowest BCUT2D eigenvalue weighted by atomic mass is 10.2. The minimum absolute atomic E-state index is 0.0966. The van der Waals surface area contributed by atoms with Gasteiger partial charge in [-0.1, -0.05) is 0 Å². The van der Waals surface area contributed by atoms with Gasteiger partial charge in [0.2, 0.25) is 0 Å². The van der Waals surface area contributed by atoms with Crippen molar-refractivity contribution in [1.29, 1.82) is 0 Å². The Morgan fingerprint density at radius 1 is 1.53 bits per heavy atom. The van der Waals surface area contributed by atoms with Gasteiger partial charge in [0.25, 0.3) is 0 Å². The summed E-state index contributed by atoms with van der Waals surface area (Å²) < 4.78 is 0. The number of aliphatic carboxylic acids is 1. The highest BCUT2D eigenvalue weighted by Crippen LogP contribution is 2.19. The average molecular weight is 262 g/mol. The molecule has 1 heterocycles. The average Bonchev–Trinajstić information content (AvgIpc) is 2.67. The van der Waals surface area contributed by atoms with E-state index in [1.54, 1.807) is 18.8 Å². The zero-order valence-corrected chi connectivity index (χ0v) is 10.8. The molecule has 2 N–H and O–H groups in total. The fourth-order valence-electron chi connectivity index (χ4n) is 1.80. The monoisotopic (exact) mass is 262 g/mol. The van der Waals surface area contributed by atoms with Gasteiger partial charge in [0, 0.05) is 32.3 Å². The van der Waals surface area contributed by atoms with Gasteiger partial charge >= 0.3 is 12.0 Å². The van der Waals surface area contributed by atoms with Crippen LogP contribution in [0.2, 0.25) is 0 Å². The summed E-state index contributed by atoms with van der Waals surface area (Å²) in [6.07, 6.45) is 1.31. The number of likely N-dealkylation sites (tertiary alicyclic amines) is 1. The van der Waals surface area contributed by atoms with Gasteiger partial charge in [-0.25, -0.2) is 9.59 Å². The summed E-state index contributed by atoms with van der Waals surface area (Å²) in [4.78, 5) is 25.7. The molecule has 1 rings (SSSR count). The summed E-state index contributed by atoms with van der Waals surface area (Å²) in [5.74, 6) is -0.260. The predicted molar refractivity (Wildman–Crippen MR) is 65.2 cm³/mol. The molecule has 98 valence electrons. The molecular weight excluding hydrogens is 244 g/mol. The minimum Gasteiger partial charge on any atom is -0.480 e. The number of aliphatic hydroxyl groups is 1.